The first-order chi connectivity index (χ1) is 16.9. The average Bonchev–Trinajstić information content (AvgIpc) is 2.89. The summed E-state index contributed by atoms with van der Waals surface area (Å²) in [5.41, 5.74) is 2.06. The zero-order chi connectivity index (χ0) is 24.8. The zero-order valence-corrected chi connectivity index (χ0v) is 21.4. The second-order valence-electron chi connectivity index (χ2n) is 9.18. The van der Waals surface area contributed by atoms with Crippen LogP contribution in [-0.2, 0) is 21.2 Å². The molecule has 0 aliphatic carbocycles. The van der Waals surface area contributed by atoms with Crippen molar-refractivity contribution in [2.24, 2.45) is 5.92 Å². The van der Waals surface area contributed by atoms with Crippen molar-refractivity contribution < 1.29 is 17.9 Å². The Morgan fingerprint density at radius 2 is 1.69 bits per heavy atom. The number of carbonyl (C=O) groups is 1. The maximum atomic E-state index is 13.5. The van der Waals surface area contributed by atoms with Gasteiger partial charge in [-0.3, -0.25) is 4.79 Å². The molecule has 0 unspecified atom stereocenters. The maximum absolute atomic E-state index is 13.5. The van der Waals surface area contributed by atoms with Crippen LogP contribution >= 0.6 is 0 Å². The Kier molecular flexibility index (Phi) is 8.13. The summed E-state index contributed by atoms with van der Waals surface area (Å²) in [5, 5.41) is 0. The molecule has 1 amide bonds. The van der Waals surface area contributed by atoms with Crippen LogP contribution in [0.4, 0.5) is 5.69 Å². The molecule has 0 radical (unpaired) electrons. The topological polar surface area (TPSA) is 70.2 Å². The van der Waals surface area contributed by atoms with Gasteiger partial charge in [-0.05, 0) is 61.9 Å². The van der Waals surface area contributed by atoms with Crippen molar-refractivity contribution in [3.63, 3.8) is 0 Å². The summed E-state index contributed by atoms with van der Waals surface area (Å²) < 4.78 is 34.2. The number of piperidine rings is 1. The van der Waals surface area contributed by atoms with Crippen LogP contribution < -0.4 is 9.64 Å². The van der Waals surface area contributed by atoms with E-state index in [2.05, 4.69) is 29.2 Å². The van der Waals surface area contributed by atoms with Crippen LogP contribution in [0.3, 0.4) is 0 Å². The number of rotatable bonds is 7. The largest absolute Gasteiger partial charge is 0.495 e. The summed E-state index contributed by atoms with van der Waals surface area (Å²) in [7, 11) is -2.00. The molecule has 0 spiro atoms. The highest BCUT2D eigenvalue weighted by Crippen LogP contribution is 2.34. The molecule has 188 valence electrons. The van der Waals surface area contributed by atoms with E-state index in [4.69, 9.17) is 4.74 Å². The van der Waals surface area contributed by atoms with Gasteiger partial charge in [0.15, 0.2) is 0 Å². The van der Waals surface area contributed by atoms with Crippen molar-refractivity contribution >= 4 is 21.6 Å². The van der Waals surface area contributed by atoms with Gasteiger partial charge in [0, 0.05) is 39.3 Å². The van der Waals surface area contributed by atoms with Crippen molar-refractivity contribution in [3.05, 3.63) is 66.2 Å². The number of allylic oxidation sites excluding steroid dienone is 1. The first kappa shape index (κ1) is 25.3. The third-order valence-corrected chi connectivity index (χ3v) is 8.86. The number of amides is 1. The number of nitrogens with zero attached hydrogens (tertiary/aromatic N) is 3. The molecule has 2 heterocycles. The van der Waals surface area contributed by atoms with Crippen LogP contribution in [0.1, 0.15) is 25.3 Å². The van der Waals surface area contributed by atoms with Crippen molar-refractivity contribution in [1.29, 1.82) is 0 Å². The fraction of sp³-hybridized carbons (Fsp3) is 0.444. The predicted octanol–water partition coefficient (Wildman–Crippen LogP) is 3.56. The van der Waals surface area contributed by atoms with Crippen LogP contribution in [0.15, 0.2) is 65.6 Å². The third kappa shape index (κ3) is 5.87. The second-order valence-corrected chi connectivity index (χ2v) is 11.1. The molecule has 4 rings (SSSR count). The van der Waals surface area contributed by atoms with E-state index in [0.29, 0.717) is 55.8 Å². The summed E-state index contributed by atoms with van der Waals surface area (Å²) in [6.45, 7) is 5.30. The van der Waals surface area contributed by atoms with Crippen LogP contribution in [0.5, 0.6) is 5.75 Å². The molecule has 8 heteroatoms. The monoisotopic (exact) mass is 497 g/mol. The van der Waals surface area contributed by atoms with Gasteiger partial charge in [0.1, 0.15) is 5.75 Å². The quantitative estimate of drug-likeness (QED) is 0.547. The second kappa shape index (κ2) is 11.3. The minimum Gasteiger partial charge on any atom is -0.495 e. The number of hydrogen-bond donors (Lipinski definition) is 0. The lowest BCUT2D eigenvalue weighted by molar-refractivity contribution is -0.126. The van der Waals surface area contributed by atoms with E-state index in [1.165, 1.54) is 5.56 Å². The van der Waals surface area contributed by atoms with Crippen molar-refractivity contribution in [1.82, 2.24) is 9.21 Å². The van der Waals surface area contributed by atoms with Gasteiger partial charge in [-0.1, -0.05) is 36.4 Å². The van der Waals surface area contributed by atoms with Crippen molar-refractivity contribution in [2.45, 2.75) is 31.1 Å². The molecule has 0 N–H and O–H groups in total. The Hall–Kier alpha value is -2.84. The van der Waals surface area contributed by atoms with Gasteiger partial charge in [0.25, 0.3) is 0 Å². The molecule has 7 nitrogen and oxygen atoms in total. The molecule has 0 atom stereocenters. The maximum Gasteiger partial charge on any atom is 0.246 e. The highest BCUT2D eigenvalue weighted by atomic mass is 32.2. The normalized spacial score (nSPS) is 18.2. The number of anilines is 1. The highest BCUT2D eigenvalue weighted by Gasteiger charge is 2.31. The molecule has 2 saturated heterocycles. The predicted molar refractivity (Wildman–Crippen MR) is 138 cm³/mol. The molecule has 0 saturated carbocycles. The van der Waals surface area contributed by atoms with E-state index in [1.807, 2.05) is 17.9 Å². The Labute approximate surface area is 209 Å². The molecular formula is C27H35N3O4S. The lowest BCUT2D eigenvalue weighted by Gasteiger charge is -2.36. The number of piperazine rings is 1. The molecule has 2 aromatic rings. The third-order valence-electron chi connectivity index (χ3n) is 6.97. The minimum atomic E-state index is -3.60. The average molecular weight is 498 g/mol. The van der Waals surface area contributed by atoms with E-state index in [9.17, 15) is 13.2 Å². The summed E-state index contributed by atoms with van der Waals surface area (Å²) >= 11 is 0. The van der Waals surface area contributed by atoms with E-state index in [1.54, 1.807) is 41.8 Å². The van der Waals surface area contributed by atoms with Crippen LogP contribution in [0.25, 0.3) is 0 Å². The summed E-state index contributed by atoms with van der Waals surface area (Å²) in [4.78, 5) is 16.4. The highest BCUT2D eigenvalue weighted by molar-refractivity contribution is 7.89. The van der Waals surface area contributed by atoms with Crippen molar-refractivity contribution in [3.8, 4) is 5.75 Å². The van der Waals surface area contributed by atoms with E-state index >= 15 is 0 Å². The van der Waals surface area contributed by atoms with Gasteiger partial charge in [0.2, 0.25) is 15.9 Å². The number of hydrogen-bond acceptors (Lipinski definition) is 5. The van der Waals surface area contributed by atoms with Gasteiger partial charge in [0.05, 0.1) is 17.7 Å². The Morgan fingerprint density at radius 1 is 1.00 bits per heavy atom. The molecule has 0 aromatic heterocycles. The van der Waals surface area contributed by atoms with Crippen LogP contribution in [0.2, 0.25) is 0 Å². The smallest absolute Gasteiger partial charge is 0.246 e. The Bertz CT molecular complexity index is 1130. The fourth-order valence-electron chi connectivity index (χ4n) is 4.94. The number of ether oxygens (including phenoxy) is 1. The summed E-state index contributed by atoms with van der Waals surface area (Å²) in [6, 6.07) is 15.5. The van der Waals surface area contributed by atoms with Gasteiger partial charge < -0.3 is 14.5 Å². The SMILES string of the molecule is C/C=C/C(=O)N1CCN(c2cc(S(=O)(=O)N3CCC(Cc4ccccc4)CC3)ccc2OC)CC1. The number of sulfonamides is 1. The first-order valence-corrected chi connectivity index (χ1v) is 13.7. The summed E-state index contributed by atoms with van der Waals surface area (Å²) in [6.07, 6.45) is 6.03. The van der Waals surface area contributed by atoms with Gasteiger partial charge >= 0.3 is 0 Å². The van der Waals surface area contributed by atoms with Gasteiger partial charge in [-0.15, -0.1) is 0 Å². The standard InChI is InChI=1S/C27H35N3O4S/c1-3-7-27(31)29-18-16-28(17-19-29)25-21-24(10-11-26(25)34-2)35(32,33)30-14-12-23(13-15-30)20-22-8-5-4-6-9-22/h3-11,21,23H,12-20H2,1-2H3/b7-3+. The number of benzene rings is 2. The van der Waals surface area contributed by atoms with E-state index < -0.39 is 10.0 Å². The van der Waals surface area contributed by atoms with E-state index in [0.717, 1.165) is 24.9 Å². The summed E-state index contributed by atoms with van der Waals surface area (Å²) in [5.74, 6) is 1.14. The van der Waals surface area contributed by atoms with Gasteiger partial charge in [-0.2, -0.15) is 4.31 Å². The number of methoxy groups -OCH3 is 1. The minimum absolute atomic E-state index is 0.00566. The Balaban J connectivity index is 1.44. The molecule has 2 fully saturated rings. The molecule has 35 heavy (non-hydrogen) atoms. The lowest BCUT2D eigenvalue weighted by Crippen LogP contribution is -2.48. The zero-order valence-electron chi connectivity index (χ0n) is 20.6. The molecule has 2 aliphatic heterocycles. The Morgan fingerprint density at radius 3 is 2.31 bits per heavy atom. The molecule has 2 aliphatic rings. The van der Waals surface area contributed by atoms with Crippen LogP contribution in [-0.4, -0.2) is 69.9 Å². The van der Waals surface area contributed by atoms with Crippen LogP contribution in [0, 0.1) is 5.92 Å². The first-order valence-electron chi connectivity index (χ1n) is 12.3. The lowest BCUT2D eigenvalue weighted by atomic mass is 9.91. The van der Waals surface area contributed by atoms with Gasteiger partial charge in [-0.25, -0.2) is 8.42 Å². The number of carbonyl (C=O) groups excluding carboxylic acids is 1. The fourth-order valence-corrected chi connectivity index (χ4v) is 6.43. The molecule has 2 aromatic carbocycles. The van der Waals surface area contributed by atoms with Crippen molar-refractivity contribution in [2.75, 3.05) is 51.3 Å². The molecule has 0 bridgehead atoms. The van der Waals surface area contributed by atoms with E-state index in [-0.39, 0.29) is 5.91 Å². The molecular weight excluding hydrogens is 462 g/mol.